The van der Waals surface area contributed by atoms with Crippen LogP contribution in [0.15, 0.2) is 194 Å². The van der Waals surface area contributed by atoms with E-state index >= 15 is 0 Å². The van der Waals surface area contributed by atoms with E-state index in [-0.39, 0.29) is 136 Å². The molecule has 15 N–H and O–H groups in total. The van der Waals surface area contributed by atoms with Crippen LogP contribution in [0.25, 0.3) is 32.3 Å². The van der Waals surface area contributed by atoms with Gasteiger partial charge >= 0.3 is 0 Å². The number of rotatable bonds is 24. The summed E-state index contributed by atoms with van der Waals surface area (Å²) >= 11 is 0. The van der Waals surface area contributed by atoms with Crippen LogP contribution >= 0.6 is 0 Å². The van der Waals surface area contributed by atoms with Crippen molar-refractivity contribution in [2.75, 3.05) is 67.7 Å². The van der Waals surface area contributed by atoms with Gasteiger partial charge in [0.05, 0.1) is 48.8 Å². The van der Waals surface area contributed by atoms with E-state index in [9.17, 15) is 107 Å². The first-order chi connectivity index (χ1) is 54.7. The molecule has 0 aliphatic carbocycles. The highest BCUT2D eigenvalue weighted by atomic mass is 32.2. The number of nitrogens with one attached hydrogen (secondary N) is 9. The molecular formula is C69H60N18O24S6. The summed E-state index contributed by atoms with van der Waals surface area (Å²) in [6, 6.07) is 23.1. The highest BCUT2D eigenvalue weighted by Gasteiger charge is 2.30. The molecule has 0 saturated carbocycles. The summed E-state index contributed by atoms with van der Waals surface area (Å²) in [6.07, 6.45) is 8.55. The quantitative estimate of drug-likeness (QED) is 0.0258. The Labute approximate surface area is 660 Å². The van der Waals surface area contributed by atoms with Gasteiger partial charge in [0.15, 0.2) is 0 Å². The van der Waals surface area contributed by atoms with Crippen molar-refractivity contribution in [3.8, 4) is 0 Å². The number of amides is 6. The SMILES string of the molecule is CN(C(=O)c1cc(Nc2nc(Nc3cc(C(=O)N(C)c4c[nH]c(C(=O)Nc5ccc(S(=O)(=O)O)c6cc(S(=O)(=O)O)ccc56)c4)n(C)c3)nc(Nc3cc(C(=O)N(C)c4c[nH]c(C(=O)Nc5ccc(S(=O)(=O)O)c6cc(S(=O)(=O)O)ccc56)c4)n(C)c3)n2)cn1C)c1c[nH]c(C(=O)Nc2ccc(S(=O)(=O)O)c3cc(S(=O)(=O)O)ccc23)c1. The van der Waals surface area contributed by atoms with Crippen LogP contribution in [-0.2, 0) is 81.9 Å². The highest BCUT2D eigenvalue weighted by Crippen LogP contribution is 2.37. The minimum absolute atomic E-state index is 0.0392. The zero-order valence-corrected chi connectivity index (χ0v) is 65.5. The predicted octanol–water partition coefficient (Wildman–Crippen LogP) is 7.63. The molecule has 0 spiro atoms. The number of benzene rings is 6. The number of aromatic amines is 3. The number of aromatic nitrogens is 9. The Bertz CT molecular complexity index is 6490. The number of carbonyl (C=O) groups is 6. The molecule has 48 heteroatoms. The Hall–Kier alpha value is -13.5. The van der Waals surface area contributed by atoms with E-state index in [2.05, 4.69) is 61.8 Å². The van der Waals surface area contributed by atoms with E-state index in [0.717, 1.165) is 91.0 Å². The van der Waals surface area contributed by atoms with E-state index in [1.165, 1.54) is 123 Å². The molecule has 0 aliphatic heterocycles. The standard InChI is InChI=1S/C69H60N18O24S6/c1-82-31-34(19-55(82)64(91)85(4)37-22-52(70-28-37)61(88)76-49-13-16-58(115(103,104)105)46-25-40(112(94,95)96)7-10-43(46)49)73-67-79-68(74-35-20-56(83(2)32-35)65(92)86(5)38-23-53(71-29-38)62(89)77-50-14-17-59(116(106,107)108)47-26-41(113(97,98)99)8-11-44(47)50)81-69(80-67)75-36-21-57(84(3)33-36)66(93)87(6)39-24-54(72-30-39)63(90)78-51-15-18-60(117(109,110)111)48-27-42(114(100,101)102)9-12-45(48)51/h7-33,70-72H,1-6H3,(H,76,88)(H,77,89)(H,78,90)(H,94,95,96)(H,97,98,99)(H,100,101,102)(H,103,104,105)(H,106,107,108)(H,109,110,111)(H3,73,74,75,79,80,81). The molecule has 42 nitrogen and oxygen atoms in total. The lowest BCUT2D eigenvalue weighted by molar-refractivity contribution is 0.0977. The average Bonchev–Trinajstić information content (AvgIpc) is 1.77. The molecule has 0 saturated heterocycles. The Morgan fingerprint density at radius 2 is 0.581 bits per heavy atom. The summed E-state index contributed by atoms with van der Waals surface area (Å²) in [5.41, 5.74) is 0.916. The van der Waals surface area contributed by atoms with Crippen molar-refractivity contribution in [3.63, 3.8) is 0 Å². The second kappa shape index (κ2) is 30.0. The second-order valence-electron chi connectivity index (χ2n) is 25.9. The number of fused-ring (bicyclic) bond motifs is 3. The summed E-state index contributed by atoms with van der Waals surface area (Å²) in [5, 5.41) is 15.7. The number of carbonyl (C=O) groups excluding carboxylic acids is 6. The molecule has 7 aromatic heterocycles. The van der Waals surface area contributed by atoms with Gasteiger partial charge in [0.2, 0.25) is 17.8 Å². The van der Waals surface area contributed by atoms with Crippen molar-refractivity contribution in [3.05, 3.63) is 199 Å². The van der Waals surface area contributed by atoms with Gasteiger partial charge in [-0.15, -0.1) is 0 Å². The molecule has 7 heterocycles. The van der Waals surface area contributed by atoms with Crippen LogP contribution in [0, 0.1) is 0 Å². The van der Waals surface area contributed by atoms with Crippen molar-refractivity contribution >= 4 is 198 Å². The Morgan fingerprint density at radius 3 is 0.812 bits per heavy atom. The van der Waals surface area contributed by atoms with E-state index in [1.54, 1.807) is 21.1 Å². The van der Waals surface area contributed by atoms with Gasteiger partial charge in [-0.3, -0.25) is 56.1 Å². The molecule has 13 rings (SSSR count). The molecule has 13 aromatic rings. The van der Waals surface area contributed by atoms with E-state index < -0.39 is 126 Å². The van der Waals surface area contributed by atoms with Crippen LogP contribution in [0.2, 0.25) is 0 Å². The highest BCUT2D eigenvalue weighted by molar-refractivity contribution is 7.87. The smallest absolute Gasteiger partial charge is 0.295 e. The zero-order chi connectivity index (χ0) is 84.8. The first-order valence-electron chi connectivity index (χ1n) is 33.1. The monoisotopic (exact) mass is 1720 g/mol. The van der Waals surface area contributed by atoms with Gasteiger partial charge in [0.25, 0.3) is 96.2 Å². The van der Waals surface area contributed by atoms with Gasteiger partial charge in [-0.05, 0) is 109 Å². The van der Waals surface area contributed by atoms with Crippen LogP contribution in [-0.4, -0.2) is 178 Å². The van der Waals surface area contributed by atoms with Crippen LogP contribution in [0.4, 0.5) is 69.0 Å². The number of hydrogen-bond acceptors (Lipinski definition) is 24. The summed E-state index contributed by atoms with van der Waals surface area (Å²) < 4.78 is 208. The van der Waals surface area contributed by atoms with Crippen molar-refractivity contribution in [2.24, 2.45) is 21.1 Å². The first kappa shape index (κ1) is 81.5. The molecule has 0 radical (unpaired) electrons. The lowest BCUT2D eigenvalue weighted by Crippen LogP contribution is -2.27. The molecule has 6 amide bonds. The van der Waals surface area contributed by atoms with Gasteiger partial charge < -0.3 is 75.3 Å². The van der Waals surface area contributed by atoms with Crippen LogP contribution in [0.5, 0.6) is 0 Å². The van der Waals surface area contributed by atoms with Crippen LogP contribution in [0.3, 0.4) is 0 Å². The molecule has 6 aromatic carbocycles. The second-order valence-corrected chi connectivity index (χ2v) is 34.4. The topological polar surface area (TPSA) is 611 Å². The third kappa shape index (κ3) is 16.9. The predicted molar refractivity (Wildman–Crippen MR) is 421 cm³/mol. The van der Waals surface area contributed by atoms with E-state index in [1.807, 2.05) is 0 Å². The summed E-state index contributed by atoms with van der Waals surface area (Å²) in [4.78, 5) is 106. The fraction of sp³-hybridized carbons (Fsp3) is 0.0870. The fourth-order valence-corrected chi connectivity index (χ4v) is 16.0. The van der Waals surface area contributed by atoms with Gasteiger partial charge in [-0.1, -0.05) is 18.2 Å². The average molecular weight is 1720 g/mol. The molecule has 0 unspecified atom stereocenters. The molecular weight excluding hydrogens is 1660 g/mol. The maximum absolute atomic E-state index is 14.3. The minimum Gasteiger partial charge on any atom is -0.355 e. The number of nitrogens with zero attached hydrogens (tertiary/aromatic N) is 9. The Morgan fingerprint density at radius 1 is 0.333 bits per heavy atom. The summed E-state index contributed by atoms with van der Waals surface area (Å²) in [6.45, 7) is 0. The number of H-pyrrole nitrogens is 3. The van der Waals surface area contributed by atoms with Crippen molar-refractivity contribution in [1.82, 2.24) is 43.6 Å². The summed E-state index contributed by atoms with van der Waals surface area (Å²) in [5.74, 6) is -4.81. The molecule has 0 atom stereocenters. The molecule has 606 valence electrons. The third-order valence-corrected chi connectivity index (χ3v) is 23.5. The van der Waals surface area contributed by atoms with Gasteiger partial charge in [0.1, 0.15) is 48.9 Å². The molecule has 117 heavy (non-hydrogen) atoms. The van der Waals surface area contributed by atoms with Crippen molar-refractivity contribution in [2.45, 2.75) is 29.4 Å². The maximum atomic E-state index is 14.3. The molecule has 0 fully saturated rings. The van der Waals surface area contributed by atoms with E-state index in [0.29, 0.717) is 0 Å². The zero-order valence-electron chi connectivity index (χ0n) is 60.6. The third-order valence-electron chi connectivity index (χ3n) is 18.2. The largest absolute Gasteiger partial charge is 0.355 e. The minimum atomic E-state index is -4.95. The summed E-state index contributed by atoms with van der Waals surface area (Å²) in [7, 11) is -20.5. The van der Waals surface area contributed by atoms with Crippen molar-refractivity contribution in [1.29, 1.82) is 0 Å². The van der Waals surface area contributed by atoms with E-state index in [4.69, 9.17) is 0 Å². The number of hydrogen-bond donors (Lipinski definition) is 15. The fourth-order valence-electron chi connectivity index (χ4n) is 12.4. The van der Waals surface area contributed by atoms with Gasteiger partial charge in [-0.2, -0.15) is 65.5 Å². The first-order valence-corrected chi connectivity index (χ1v) is 41.8. The Balaban J connectivity index is 0.745. The van der Waals surface area contributed by atoms with Crippen molar-refractivity contribution < 1.29 is 107 Å². The number of aryl methyl sites for hydroxylation is 3. The van der Waals surface area contributed by atoms with Crippen LogP contribution < -0.4 is 46.6 Å². The van der Waals surface area contributed by atoms with Gasteiger partial charge in [0, 0.05) is 129 Å². The maximum Gasteiger partial charge on any atom is 0.295 e. The molecule has 0 bridgehead atoms. The number of anilines is 12. The van der Waals surface area contributed by atoms with Gasteiger partial charge in [-0.25, -0.2) is 0 Å². The normalized spacial score (nSPS) is 12.2. The lowest BCUT2D eigenvalue weighted by Gasteiger charge is -2.15. The Kier molecular flexibility index (Phi) is 20.9. The van der Waals surface area contributed by atoms with Crippen LogP contribution in [0.1, 0.15) is 62.9 Å². The lowest BCUT2D eigenvalue weighted by atomic mass is 10.1. The molecule has 0 aliphatic rings.